The molecule has 1 rings (SSSR count). The van der Waals surface area contributed by atoms with E-state index in [0.29, 0.717) is 18.6 Å². The van der Waals surface area contributed by atoms with Gasteiger partial charge in [0, 0.05) is 5.57 Å². The molecular formula is C8H10O2. The Hall–Kier alpha value is -1.05. The average Bonchev–Trinajstić information content (AvgIpc) is 2.14. The second-order valence-electron chi connectivity index (χ2n) is 2.38. The summed E-state index contributed by atoms with van der Waals surface area (Å²) in [6, 6.07) is 0. The summed E-state index contributed by atoms with van der Waals surface area (Å²) in [5.41, 5.74) is 1.88. The third-order valence-corrected chi connectivity index (χ3v) is 1.38. The van der Waals surface area contributed by atoms with Crippen LogP contribution in [-0.4, -0.2) is 12.9 Å². The largest absolute Gasteiger partial charge is 0.496 e. The molecule has 0 radical (unpaired) electrons. The number of hydrogen-bond acceptors (Lipinski definition) is 2. The minimum Gasteiger partial charge on any atom is -0.496 e. The van der Waals surface area contributed by atoms with E-state index in [1.165, 1.54) is 11.8 Å². The van der Waals surface area contributed by atoms with Crippen molar-refractivity contribution >= 4 is 6.29 Å². The zero-order chi connectivity index (χ0) is 7.40. The Labute approximate surface area is 60.2 Å². The van der Waals surface area contributed by atoms with Crippen molar-refractivity contribution in [2.24, 2.45) is 0 Å². The van der Waals surface area contributed by atoms with E-state index in [0.717, 1.165) is 6.29 Å². The van der Waals surface area contributed by atoms with E-state index in [4.69, 9.17) is 4.74 Å². The molecule has 0 aromatic carbocycles. The van der Waals surface area contributed by atoms with Gasteiger partial charge in [-0.2, -0.15) is 0 Å². The van der Waals surface area contributed by atoms with Gasteiger partial charge in [-0.25, -0.2) is 0 Å². The minimum absolute atomic E-state index is 0.608. The molecule has 2 nitrogen and oxygen atoms in total. The summed E-state index contributed by atoms with van der Waals surface area (Å²) in [4.78, 5) is 10.2. The van der Waals surface area contributed by atoms with Gasteiger partial charge < -0.3 is 4.74 Å². The molecule has 0 aromatic heterocycles. The number of hydrogen-bond donors (Lipinski definition) is 0. The summed E-state index contributed by atoms with van der Waals surface area (Å²) in [5.74, 6) is 0. The molecule has 0 aliphatic carbocycles. The fraction of sp³-hybridized carbons (Fsp3) is 0.375. The van der Waals surface area contributed by atoms with Crippen LogP contribution in [0.5, 0.6) is 0 Å². The smallest absolute Gasteiger partial charge is 0.149 e. The van der Waals surface area contributed by atoms with E-state index < -0.39 is 0 Å². The molecule has 0 unspecified atom stereocenters. The van der Waals surface area contributed by atoms with Gasteiger partial charge >= 0.3 is 0 Å². The van der Waals surface area contributed by atoms with Crippen molar-refractivity contribution in [3.8, 4) is 0 Å². The predicted octanol–water partition coefficient (Wildman–Crippen LogP) is 1.44. The molecule has 0 bridgehead atoms. The summed E-state index contributed by atoms with van der Waals surface area (Å²) in [7, 11) is 0. The Balaban J connectivity index is 2.63. The van der Waals surface area contributed by atoms with Crippen molar-refractivity contribution in [1.82, 2.24) is 0 Å². The van der Waals surface area contributed by atoms with E-state index in [-0.39, 0.29) is 0 Å². The van der Waals surface area contributed by atoms with Crippen LogP contribution in [-0.2, 0) is 9.53 Å². The fourth-order valence-corrected chi connectivity index (χ4v) is 0.755. The van der Waals surface area contributed by atoms with Crippen LogP contribution in [0.3, 0.4) is 0 Å². The van der Waals surface area contributed by atoms with Crippen LogP contribution in [0.4, 0.5) is 0 Å². The number of rotatable bonds is 1. The summed E-state index contributed by atoms with van der Waals surface area (Å²) in [5, 5.41) is 0. The Morgan fingerprint density at radius 3 is 3.20 bits per heavy atom. The molecule has 0 fully saturated rings. The summed E-state index contributed by atoms with van der Waals surface area (Å²) >= 11 is 0. The Morgan fingerprint density at radius 1 is 1.70 bits per heavy atom. The lowest BCUT2D eigenvalue weighted by atomic mass is 10.2. The molecule has 0 N–H and O–H groups in total. The van der Waals surface area contributed by atoms with Crippen LogP contribution in [0.1, 0.15) is 13.3 Å². The van der Waals surface area contributed by atoms with Crippen molar-refractivity contribution in [3.63, 3.8) is 0 Å². The number of carbonyl (C=O) groups is 1. The highest BCUT2D eigenvalue weighted by Crippen LogP contribution is 2.08. The van der Waals surface area contributed by atoms with Gasteiger partial charge in [-0.3, -0.25) is 4.79 Å². The molecule has 1 aliphatic heterocycles. The average molecular weight is 138 g/mol. The van der Waals surface area contributed by atoms with Gasteiger partial charge in [0.25, 0.3) is 0 Å². The third kappa shape index (κ3) is 1.72. The van der Waals surface area contributed by atoms with Gasteiger partial charge in [-0.1, -0.05) is 6.08 Å². The molecule has 0 aromatic rings. The first-order valence-electron chi connectivity index (χ1n) is 3.24. The molecule has 1 aliphatic rings. The monoisotopic (exact) mass is 138 g/mol. The highest BCUT2D eigenvalue weighted by atomic mass is 16.5. The first kappa shape index (κ1) is 7.06. The topological polar surface area (TPSA) is 26.3 Å². The molecule has 0 spiro atoms. The summed E-state index contributed by atoms with van der Waals surface area (Å²) in [6.45, 7) is 2.60. The second kappa shape index (κ2) is 3.20. The number of ether oxygens (including phenoxy) is 1. The van der Waals surface area contributed by atoms with Crippen molar-refractivity contribution in [2.75, 3.05) is 6.61 Å². The van der Waals surface area contributed by atoms with Crippen molar-refractivity contribution < 1.29 is 9.53 Å². The van der Waals surface area contributed by atoms with Gasteiger partial charge in [0.2, 0.25) is 0 Å². The Kier molecular flexibility index (Phi) is 2.26. The zero-order valence-electron chi connectivity index (χ0n) is 5.96. The number of allylic oxidation sites excluding steroid dienone is 2. The molecule has 0 atom stereocenters. The van der Waals surface area contributed by atoms with Crippen LogP contribution >= 0.6 is 0 Å². The highest BCUT2D eigenvalue weighted by Gasteiger charge is 1.99. The van der Waals surface area contributed by atoms with Crippen molar-refractivity contribution in [1.29, 1.82) is 0 Å². The van der Waals surface area contributed by atoms with Crippen LogP contribution in [0.25, 0.3) is 0 Å². The van der Waals surface area contributed by atoms with Gasteiger partial charge in [0.1, 0.15) is 12.9 Å². The lowest BCUT2D eigenvalue weighted by Crippen LogP contribution is -1.86. The summed E-state index contributed by atoms with van der Waals surface area (Å²) in [6.07, 6.45) is 5.07. The SMILES string of the molecule is CC1=CCC(C=O)=COC1. The Bertz CT molecular complexity index is 189. The van der Waals surface area contributed by atoms with Crippen molar-refractivity contribution in [2.45, 2.75) is 13.3 Å². The lowest BCUT2D eigenvalue weighted by Gasteiger charge is -1.95. The molecule has 0 amide bonds. The predicted molar refractivity (Wildman–Crippen MR) is 38.5 cm³/mol. The summed E-state index contributed by atoms with van der Waals surface area (Å²) < 4.78 is 5.05. The van der Waals surface area contributed by atoms with E-state index in [9.17, 15) is 4.79 Å². The van der Waals surface area contributed by atoms with E-state index in [1.807, 2.05) is 13.0 Å². The molecule has 2 heteroatoms. The minimum atomic E-state index is 0.608. The normalized spacial score (nSPS) is 18.1. The number of aldehydes is 1. The van der Waals surface area contributed by atoms with Crippen molar-refractivity contribution in [3.05, 3.63) is 23.5 Å². The number of carbonyl (C=O) groups excluding carboxylic acids is 1. The van der Waals surface area contributed by atoms with Crippen LogP contribution in [0.2, 0.25) is 0 Å². The standard InChI is InChI=1S/C8H10O2/c1-7-2-3-8(4-9)6-10-5-7/h2,4,6H,3,5H2,1H3. The van der Waals surface area contributed by atoms with Gasteiger partial charge in [0.05, 0.1) is 6.26 Å². The van der Waals surface area contributed by atoms with Gasteiger partial charge in [-0.05, 0) is 18.9 Å². The maximum Gasteiger partial charge on any atom is 0.149 e. The molecule has 1 heterocycles. The molecular weight excluding hydrogens is 128 g/mol. The first-order valence-corrected chi connectivity index (χ1v) is 3.24. The van der Waals surface area contributed by atoms with E-state index in [2.05, 4.69) is 0 Å². The molecule has 0 saturated heterocycles. The second-order valence-corrected chi connectivity index (χ2v) is 2.38. The highest BCUT2D eigenvalue weighted by molar-refractivity contribution is 5.73. The van der Waals surface area contributed by atoms with Gasteiger partial charge in [0.15, 0.2) is 0 Å². The van der Waals surface area contributed by atoms with Crippen LogP contribution in [0, 0.1) is 0 Å². The lowest BCUT2D eigenvalue weighted by molar-refractivity contribution is -0.105. The van der Waals surface area contributed by atoms with E-state index in [1.54, 1.807) is 0 Å². The Morgan fingerprint density at radius 2 is 2.50 bits per heavy atom. The first-order chi connectivity index (χ1) is 4.83. The van der Waals surface area contributed by atoms with Crippen LogP contribution < -0.4 is 0 Å². The maximum atomic E-state index is 10.2. The van der Waals surface area contributed by atoms with Crippen LogP contribution in [0.15, 0.2) is 23.5 Å². The quantitative estimate of drug-likeness (QED) is 0.405. The molecule has 54 valence electrons. The maximum absolute atomic E-state index is 10.2. The third-order valence-electron chi connectivity index (χ3n) is 1.38. The molecule has 0 saturated carbocycles. The van der Waals surface area contributed by atoms with E-state index >= 15 is 0 Å². The fourth-order valence-electron chi connectivity index (χ4n) is 0.755. The van der Waals surface area contributed by atoms with Gasteiger partial charge in [-0.15, -0.1) is 0 Å². The molecule has 10 heavy (non-hydrogen) atoms. The zero-order valence-corrected chi connectivity index (χ0v) is 5.96.